The van der Waals surface area contributed by atoms with Gasteiger partial charge in [-0.15, -0.1) is 0 Å². The molecule has 0 aromatic heterocycles. The summed E-state index contributed by atoms with van der Waals surface area (Å²) in [6.45, 7) is 0.179. The molecule has 0 bridgehead atoms. The number of nitrogens with zero attached hydrogens (tertiary/aromatic N) is 1. The quantitative estimate of drug-likeness (QED) is 0.789. The molecule has 2 aromatic carbocycles. The minimum atomic E-state index is -0.992. The number of methoxy groups -OCH3 is 1. The number of carboxylic acid groups (broad SMARTS) is 1. The topological polar surface area (TPSA) is 66.8 Å². The smallest absolute Gasteiger partial charge is 0.323 e. The molecule has 5 nitrogen and oxygen atoms in total. The highest BCUT2D eigenvalue weighted by Crippen LogP contribution is 2.34. The first-order chi connectivity index (χ1) is 10.5. The van der Waals surface area contributed by atoms with Gasteiger partial charge in [0.05, 0.1) is 16.2 Å². The van der Waals surface area contributed by atoms with E-state index in [0.29, 0.717) is 18.5 Å². The third-order valence-electron chi connectivity index (χ3n) is 3.88. The zero-order valence-electron chi connectivity index (χ0n) is 11.9. The van der Waals surface area contributed by atoms with Crippen molar-refractivity contribution in [2.75, 3.05) is 20.2 Å². The van der Waals surface area contributed by atoms with Gasteiger partial charge in [0.15, 0.2) is 0 Å². The number of carbonyl (C=O) groups excluding carboxylic acids is 1. The lowest BCUT2D eigenvalue weighted by Crippen LogP contribution is -2.40. The molecule has 0 unspecified atom stereocenters. The first-order valence-electron chi connectivity index (χ1n) is 6.82. The number of benzene rings is 2. The second kappa shape index (κ2) is 5.75. The summed E-state index contributed by atoms with van der Waals surface area (Å²) in [6.07, 6.45) is 0.674. The Labute approximate surface area is 141 Å². The summed E-state index contributed by atoms with van der Waals surface area (Å²) in [7, 11) is 1.61. The Bertz CT molecular complexity index is 787. The number of rotatable bonds is 3. The van der Waals surface area contributed by atoms with Gasteiger partial charge in [0.2, 0.25) is 0 Å². The van der Waals surface area contributed by atoms with Crippen LogP contribution in [0.1, 0.15) is 15.9 Å². The summed E-state index contributed by atoms with van der Waals surface area (Å²) in [6, 6.07) is 7.67. The van der Waals surface area contributed by atoms with E-state index in [1.54, 1.807) is 7.11 Å². The molecule has 22 heavy (non-hydrogen) atoms. The highest BCUT2D eigenvalue weighted by atomic mass is 127. The molecule has 1 aliphatic rings. The average Bonchev–Trinajstić information content (AvgIpc) is 2.49. The summed E-state index contributed by atoms with van der Waals surface area (Å²) < 4.78 is 6.26. The lowest BCUT2D eigenvalue weighted by molar-refractivity contribution is -0.137. The van der Waals surface area contributed by atoms with Gasteiger partial charge in [0.25, 0.3) is 5.91 Å². The predicted octanol–water partition coefficient (Wildman–Crippen LogP) is 2.54. The summed E-state index contributed by atoms with van der Waals surface area (Å²) in [5.74, 6) is -0.442. The van der Waals surface area contributed by atoms with Crippen LogP contribution in [0.25, 0.3) is 10.8 Å². The van der Waals surface area contributed by atoms with Crippen LogP contribution in [0.5, 0.6) is 5.75 Å². The molecule has 1 amide bonds. The summed E-state index contributed by atoms with van der Waals surface area (Å²) in [4.78, 5) is 25.0. The first-order valence-corrected chi connectivity index (χ1v) is 7.90. The fraction of sp³-hybridized carbons (Fsp3) is 0.250. The molecule has 0 fully saturated rings. The zero-order chi connectivity index (χ0) is 15.9. The van der Waals surface area contributed by atoms with E-state index in [4.69, 9.17) is 9.84 Å². The number of ether oxygens (including phenoxy) is 1. The van der Waals surface area contributed by atoms with Gasteiger partial charge in [-0.3, -0.25) is 9.59 Å². The van der Waals surface area contributed by atoms with E-state index in [1.807, 2.05) is 24.3 Å². The van der Waals surface area contributed by atoms with Crippen molar-refractivity contribution < 1.29 is 19.4 Å². The molecule has 0 atom stereocenters. The maximum absolute atomic E-state index is 12.7. The number of halogens is 1. The standard InChI is InChI=1S/C16H14INO4/c1-22-12-5-4-10-11(15(12)17)3-2-9-6-7-18(8-13(19)20)16(21)14(9)10/h2-5H,6-8H2,1H3,(H,19,20). The van der Waals surface area contributed by atoms with Crippen molar-refractivity contribution in [2.45, 2.75) is 6.42 Å². The molecule has 0 aliphatic carbocycles. The number of fused-ring (bicyclic) bond motifs is 3. The molecule has 3 rings (SSSR count). The monoisotopic (exact) mass is 411 g/mol. The number of carboxylic acids is 1. The molecule has 1 N–H and O–H groups in total. The third kappa shape index (κ3) is 2.41. The third-order valence-corrected chi connectivity index (χ3v) is 5.00. The highest BCUT2D eigenvalue weighted by molar-refractivity contribution is 14.1. The fourth-order valence-electron chi connectivity index (χ4n) is 2.84. The summed E-state index contributed by atoms with van der Waals surface area (Å²) in [5.41, 5.74) is 1.59. The van der Waals surface area contributed by atoms with Crippen molar-refractivity contribution in [3.63, 3.8) is 0 Å². The van der Waals surface area contributed by atoms with Crippen LogP contribution in [0, 0.1) is 3.57 Å². The van der Waals surface area contributed by atoms with E-state index in [0.717, 1.165) is 25.7 Å². The summed E-state index contributed by atoms with van der Waals surface area (Å²) in [5, 5.41) is 10.7. The average molecular weight is 411 g/mol. The van der Waals surface area contributed by atoms with Crippen molar-refractivity contribution in [1.82, 2.24) is 4.90 Å². The molecule has 6 heteroatoms. The van der Waals surface area contributed by atoms with E-state index < -0.39 is 5.97 Å². The number of aliphatic carboxylic acids is 1. The van der Waals surface area contributed by atoms with E-state index >= 15 is 0 Å². The van der Waals surface area contributed by atoms with Crippen LogP contribution in [0.3, 0.4) is 0 Å². The molecule has 0 spiro atoms. The molecule has 2 aromatic rings. The highest BCUT2D eigenvalue weighted by Gasteiger charge is 2.28. The molecule has 1 aliphatic heterocycles. The maximum Gasteiger partial charge on any atom is 0.323 e. The molecule has 114 valence electrons. The fourth-order valence-corrected chi connectivity index (χ4v) is 3.71. The van der Waals surface area contributed by atoms with Crippen LogP contribution in [0.4, 0.5) is 0 Å². The second-order valence-corrected chi connectivity index (χ2v) is 6.23. The second-order valence-electron chi connectivity index (χ2n) is 5.15. The van der Waals surface area contributed by atoms with E-state index in [1.165, 1.54) is 4.90 Å². The van der Waals surface area contributed by atoms with Crippen molar-refractivity contribution in [3.8, 4) is 5.75 Å². The first kappa shape index (κ1) is 15.1. The van der Waals surface area contributed by atoms with Gasteiger partial charge in [0, 0.05) is 6.54 Å². The van der Waals surface area contributed by atoms with Gasteiger partial charge in [-0.25, -0.2) is 0 Å². The van der Waals surface area contributed by atoms with Gasteiger partial charge in [-0.05, 0) is 57.5 Å². The van der Waals surface area contributed by atoms with Crippen molar-refractivity contribution in [1.29, 1.82) is 0 Å². The Morgan fingerprint density at radius 2 is 2.05 bits per heavy atom. The Hall–Kier alpha value is -1.83. The van der Waals surface area contributed by atoms with Crippen molar-refractivity contribution in [2.24, 2.45) is 0 Å². The largest absolute Gasteiger partial charge is 0.496 e. The SMILES string of the molecule is COc1ccc2c3c(ccc2c1I)CCN(CC(=O)O)C3=O. The Kier molecular flexibility index (Phi) is 3.94. The molecular formula is C16H14INO4. The summed E-state index contributed by atoms with van der Waals surface area (Å²) >= 11 is 2.20. The minimum absolute atomic E-state index is 0.213. The van der Waals surface area contributed by atoms with Gasteiger partial charge in [0.1, 0.15) is 12.3 Å². The van der Waals surface area contributed by atoms with Crippen LogP contribution in [-0.2, 0) is 11.2 Å². The molecule has 0 saturated carbocycles. The predicted molar refractivity (Wildman–Crippen MR) is 90.5 cm³/mol. The lowest BCUT2D eigenvalue weighted by atomic mass is 9.93. The minimum Gasteiger partial charge on any atom is -0.496 e. The van der Waals surface area contributed by atoms with Crippen LogP contribution < -0.4 is 4.74 Å². The Balaban J connectivity index is 2.17. The maximum atomic E-state index is 12.7. The van der Waals surface area contributed by atoms with E-state index in [2.05, 4.69) is 22.6 Å². The number of hydrogen-bond donors (Lipinski definition) is 1. The van der Waals surface area contributed by atoms with Crippen molar-refractivity contribution >= 4 is 45.2 Å². The number of carbonyl (C=O) groups is 2. The van der Waals surface area contributed by atoms with Gasteiger partial charge in [-0.1, -0.05) is 12.1 Å². The number of hydrogen-bond acceptors (Lipinski definition) is 3. The van der Waals surface area contributed by atoms with Crippen LogP contribution >= 0.6 is 22.6 Å². The van der Waals surface area contributed by atoms with Crippen LogP contribution in [0.2, 0.25) is 0 Å². The zero-order valence-corrected chi connectivity index (χ0v) is 14.1. The molecule has 1 heterocycles. The van der Waals surface area contributed by atoms with Gasteiger partial charge in [-0.2, -0.15) is 0 Å². The molecular weight excluding hydrogens is 397 g/mol. The molecule has 0 radical (unpaired) electrons. The van der Waals surface area contributed by atoms with Crippen LogP contribution in [-0.4, -0.2) is 42.1 Å². The Morgan fingerprint density at radius 1 is 1.32 bits per heavy atom. The van der Waals surface area contributed by atoms with Gasteiger partial charge >= 0.3 is 5.97 Å². The number of amides is 1. The molecule has 0 saturated heterocycles. The van der Waals surface area contributed by atoms with Crippen LogP contribution in [0.15, 0.2) is 24.3 Å². The van der Waals surface area contributed by atoms with Crippen molar-refractivity contribution in [3.05, 3.63) is 39.0 Å². The lowest BCUT2D eigenvalue weighted by Gasteiger charge is -2.28. The Morgan fingerprint density at radius 3 is 2.73 bits per heavy atom. The van der Waals surface area contributed by atoms with E-state index in [-0.39, 0.29) is 12.5 Å². The van der Waals surface area contributed by atoms with Gasteiger partial charge < -0.3 is 14.7 Å². The van der Waals surface area contributed by atoms with E-state index in [9.17, 15) is 9.59 Å². The normalized spacial score (nSPS) is 14.1.